The van der Waals surface area contributed by atoms with Crippen LogP contribution in [0.4, 0.5) is 5.69 Å². The van der Waals surface area contributed by atoms with Crippen molar-refractivity contribution in [1.82, 2.24) is 19.7 Å². The van der Waals surface area contributed by atoms with Gasteiger partial charge in [0.05, 0.1) is 29.9 Å². The first-order valence-electron chi connectivity index (χ1n) is 9.44. The molecule has 1 amide bonds. The zero-order chi connectivity index (χ0) is 21.7. The summed E-state index contributed by atoms with van der Waals surface area (Å²) >= 11 is 1.29. The quantitative estimate of drug-likeness (QED) is 0.351. The summed E-state index contributed by atoms with van der Waals surface area (Å²) in [7, 11) is 0. The second-order valence-corrected chi connectivity index (χ2v) is 7.54. The number of aromatic nitrogens is 4. The Morgan fingerprint density at radius 1 is 1.13 bits per heavy atom. The van der Waals surface area contributed by atoms with E-state index in [4.69, 9.17) is 4.74 Å². The second-order valence-electron chi connectivity index (χ2n) is 6.60. The minimum Gasteiger partial charge on any atom is -0.462 e. The van der Waals surface area contributed by atoms with Crippen LogP contribution in [0.15, 0.2) is 41.7 Å². The van der Waals surface area contributed by atoms with Gasteiger partial charge in [0.15, 0.2) is 5.16 Å². The molecule has 0 aliphatic rings. The molecule has 0 aliphatic carbocycles. The summed E-state index contributed by atoms with van der Waals surface area (Å²) in [5.74, 6) is -0.373. The van der Waals surface area contributed by atoms with Gasteiger partial charge in [0, 0.05) is 17.1 Å². The number of ether oxygens (including phenoxy) is 1. The number of carbonyl (C=O) groups excluding carboxylic acids is 2. The van der Waals surface area contributed by atoms with E-state index in [0.717, 1.165) is 17.1 Å². The molecular formula is C21H23N5O3S. The average molecular weight is 426 g/mol. The van der Waals surface area contributed by atoms with E-state index in [1.807, 2.05) is 32.0 Å². The lowest BCUT2D eigenvalue weighted by Crippen LogP contribution is -2.14. The predicted octanol–water partition coefficient (Wildman–Crippen LogP) is 3.50. The van der Waals surface area contributed by atoms with Crippen molar-refractivity contribution in [2.75, 3.05) is 17.7 Å². The van der Waals surface area contributed by atoms with E-state index in [1.165, 1.54) is 18.0 Å². The number of aryl methyl sites for hydroxylation is 2. The van der Waals surface area contributed by atoms with Crippen LogP contribution in [-0.2, 0) is 9.53 Å². The van der Waals surface area contributed by atoms with Crippen LogP contribution in [0.3, 0.4) is 0 Å². The molecule has 9 heteroatoms. The maximum atomic E-state index is 12.4. The maximum absolute atomic E-state index is 12.4. The van der Waals surface area contributed by atoms with Gasteiger partial charge in [-0.1, -0.05) is 17.8 Å². The summed E-state index contributed by atoms with van der Waals surface area (Å²) in [6.07, 6.45) is 1.49. The number of esters is 1. The monoisotopic (exact) mass is 425 g/mol. The number of anilines is 1. The van der Waals surface area contributed by atoms with Gasteiger partial charge in [-0.15, -0.1) is 0 Å². The van der Waals surface area contributed by atoms with Gasteiger partial charge in [0.2, 0.25) is 5.91 Å². The number of hydrogen-bond donors (Lipinski definition) is 1. The Bertz CT molecular complexity index is 1060. The third-order valence-corrected chi connectivity index (χ3v) is 5.02. The SMILES string of the molecule is CCOC(=O)c1cnn(-c2cccc(NC(=O)CSc3nc(C)cc(C)n3)c2)c1C. The number of hydrogen-bond acceptors (Lipinski definition) is 7. The molecule has 0 unspecified atom stereocenters. The average Bonchev–Trinajstić information content (AvgIpc) is 3.07. The third kappa shape index (κ3) is 5.24. The molecule has 3 rings (SSSR count). The maximum Gasteiger partial charge on any atom is 0.341 e. The van der Waals surface area contributed by atoms with E-state index in [-0.39, 0.29) is 11.7 Å². The summed E-state index contributed by atoms with van der Waals surface area (Å²) in [4.78, 5) is 33.0. The highest BCUT2D eigenvalue weighted by molar-refractivity contribution is 7.99. The Balaban J connectivity index is 1.68. The lowest BCUT2D eigenvalue weighted by Gasteiger charge is -2.09. The van der Waals surface area contributed by atoms with Crippen molar-refractivity contribution in [1.29, 1.82) is 0 Å². The molecule has 30 heavy (non-hydrogen) atoms. The Morgan fingerprint density at radius 3 is 2.57 bits per heavy atom. The molecule has 0 saturated heterocycles. The van der Waals surface area contributed by atoms with E-state index in [0.29, 0.717) is 28.7 Å². The van der Waals surface area contributed by atoms with Crippen LogP contribution in [0.1, 0.15) is 34.4 Å². The van der Waals surface area contributed by atoms with Crippen LogP contribution in [0.25, 0.3) is 5.69 Å². The molecule has 0 atom stereocenters. The highest BCUT2D eigenvalue weighted by Crippen LogP contribution is 2.20. The van der Waals surface area contributed by atoms with Gasteiger partial charge >= 0.3 is 5.97 Å². The molecule has 0 saturated carbocycles. The van der Waals surface area contributed by atoms with Crippen LogP contribution < -0.4 is 5.32 Å². The van der Waals surface area contributed by atoms with Gasteiger partial charge in [-0.05, 0) is 52.0 Å². The number of nitrogens with one attached hydrogen (secondary N) is 1. The second kappa shape index (κ2) is 9.53. The van der Waals surface area contributed by atoms with E-state index in [1.54, 1.807) is 30.7 Å². The van der Waals surface area contributed by atoms with Crippen LogP contribution >= 0.6 is 11.8 Å². The van der Waals surface area contributed by atoms with Crippen molar-refractivity contribution in [2.24, 2.45) is 0 Å². The molecule has 8 nitrogen and oxygen atoms in total. The summed E-state index contributed by atoms with van der Waals surface area (Å²) in [5, 5.41) is 7.74. The number of carbonyl (C=O) groups is 2. The number of benzene rings is 1. The Morgan fingerprint density at radius 2 is 1.87 bits per heavy atom. The zero-order valence-corrected chi connectivity index (χ0v) is 18.1. The summed E-state index contributed by atoms with van der Waals surface area (Å²) < 4.78 is 6.69. The topological polar surface area (TPSA) is 99.0 Å². The fourth-order valence-electron chi connectivity index (χ4n) is 2.88. The standard InChI is InChI=1S/C21H23N5O3S/c1-5-29-20(28)18-11-22-26(15(18)4)17-8-6-7-16(10-17)25-19(27)12-30-21-23-13(2)9-14(3)24-21/h6-11H,5,12H2,1-4H3,(H,25,27). The normalized spacial score (nSPS) is 10.7. The molecule has 0 fully saturated rings. The summed E-state index contributed by atoms with van der Waals surface area (Å²) in [6.45, 7) is 7.65. The molecule has 1 aromatic carbocycles. The molecule has 156 valence electrons. The largest absolute Gasteiger partial charge is 0.462 e. The van der Waals surface area contributed by atoms with E-state index < -0.39 is 5.97 Å². The summed E-state index contributed by atoms with van der Waals surface area (Å²) in [5.41, 5.74) is 4.18. The van der Waals surface area contributed by atoms with Gasteiger partial charge in [0.25, 0.3) is 0 Å². The first kappa shape index (κ1) is 21.5. The molecule has 0 spiro atoms. The van der Waals surface area contributed by atoms with Crippen LogP contribution in [-0.4, -0.2) is 44.0 Å². The smallest absolute Gasteiger partial charge is 0.341 e. The Kier molecular flexibility index (Phi) is 6.83. The van der Waals surface area contributed by atoms with Crippen molar-refractivity contribution < 1.29 is 14.3 Å². The summed E-state index contributed by atoms with van der Waals surface area (Å²) in [6, 6.07) is 9.15. The predicted molar refractivity (Wildman–Crippen MR) is 115 cm³/mol. The van der Waals surface area contributed by atoms with Gasteiger partial charge in [0.1, 0.15) is 5.56 Å². The third-order valence-electron chi connectivity index (χ3n) is 4.17. The van der Waals surface area contributed by atoms with Gasteiger partial charge in [-0.3, -0.25) is 4.79 Å². The molecule has 0 bridgehead atoms. The molecule has 0 radical (unpaired) electrons. The number of thioether (sulfide) groups is 1. The van der Waals surface area contributed by atoms with Crippen LogP contribution in [0, 0.1) is 20.8 Å². The fourth-order valence-corrected chi connectivity index (χ4v) is 3.63. The molecular weight excluding hydrogens is 402 g/mol. The Hall–Kier alpha value is -3.20. The van der Waals surface area contributed by atoms with Gasteiger partial charge in [-0.2, -0.15) is 5.10 Å². The van der Waals surface area contributed by atoms with E-state index in [2.05, 4.69) is 20.4 Å². The molecule has 2 aromatic heterocycles. The first-order valence-corrected chi connectivity index (χ1v) is 10.4. The van der Waals surface area contributed by atoms with E-state index in [9.17, 15) is 9.59 Å². The van der Waals surface area contributed by atoms with Crippen molar-refractivity contribution >= 4 is 29.3 Å². The molecule has 1 N–H and O–H groups in total. The first-order chi connectivity index (χ1) is 14.4. The van der Waals surface area contributed by atoms with Gasteiger partial charge in [-0.25, -0.2) is 19.4 Å². The fraction of sp³-hybridized carbons (Fsp3) is 0.286. The highest BCUT2D eigenvalue weighted by atomic mass is 32.2. The highest BCUT2D eigenvalue weighted by Gasteiger charge is 2.16. The molecule has 3 aromatic rings. The number of rotatable bonds is 7. The van der Waals surface area contributed by atoms with Crippen molar-refractivity contribution in [2.45, 2.75) is 32.9 Å². The van der Waals surface area contributed by atoms with Crippen molar-refractivity contribution in [3.63, 3.8) is 0 Å². The molecule has 2 heterocycles. The van der Waals surface area contributed by atoms with Gasteiger partial charge < -0.3 is 10.1 Å². The lowest BCUT2D eigenvalue weighted by molar-refractivity contribution is -0.113. The minimum absolute atomic E-state index is 0.163. The number of nitrogens with zero attached hydrogens (tertiary/aromatic N) is 4. The van der Waals surface area contributed by atoms with Crippen molar-refractivity contribution in [3.8, 4) is 5.69 Å². The van der Waals surface area contributed by atoms with Crippen LogP contribution in [0.5, 0.6) is 0 Å². The minimum atomic E-state index is -0.406. The zero-order valence-electron chi connectivity index (χ0n) is 17.3. The van der Waals surface area contributed by atoms with E-state index >= 15 is 0 Å². The number of amides is 1. The van der Waals surface area contributed by atoms with Crippen molar-refractivity contribution in [3.05, 3.63) is 59.2 Å². The lowest BCUT2D eigenvalue weighted by atomic mass is 10.2. The Labute approximate surface area is 179 Å². The van der Waals surface area contributed by atoms with Crippen LogP contribution in [0.2, 0.25) is 0 Å². The molecule has 0 aliphatic heterocycles.